The molecule has 6 rings (SSSR count). The summed E-state index contributed by atoms with van der Waals surface area (Å²) in [4.78, 5) is 12.5. The number of nitrogens with one attached hydrogen (secondary N) is 2. The van der Waals surface area contributed by atoms with Crippen LogP contribution in [0.3, 0.4) is 0 Å². The van der Waals surface area contributed by atoms with Crippen LogP contribution in [0, 0.1) is 17.8 Å². The fourth-order valence-electron chi connectivity index (χ4n) is 4.83. The first-order chi connectivity index (χ1) is 20.8. The van der Waals surface area contributed by atoms with Crippen molar-refractivity contribution >= 4 is 22.4 Å². The van der Waals surface area contributed by atoms with Gasteiger partial charge in [-0.05, 0) is 67.8 Å². The fourth-order valence-corrected chi connectivity index (χ4v) is 4.83. The predicted molar refractivity (Wildman–Crippen MR) is 161 cm³/mol. The van der Waals surface area contributed by atoms with Crippen LogP contribution in [0.5, 0.6) is 11.5 Å². The topological polar surface area (TPSA) is 69.1 Å². The van der Waals surface area contributed by atoms with Gasteiger partial charge in [0.1, 0.15) is 17.2 Å². The Morgan fingerprint density at radius 2 is 1.98 bits per heavy atom. The van der Waals surface area contributed by atoms with Crippen LogP contribution >= 0.6 is 0 Å². The molecule has 2 N–H and O–H groups in total. The number of imidazole rings is 1. The molecular weight excluding hydrogens is 553 g/mol. The molecular formula is C33H29F3N6O. The third-order valence-electron chi connectivity index (χ3n) is 7.20. The van der Waals surface area contributed by atoms with Gasteiger partial charge in [0.2, 0.25) is 0 Å². The summed E-state index contributed by atoms with van der Waals surface area (Å²) in [5.41, 5.74) is 9.24. The van der Waals surface area contributed by atoms with Gasteiger partial charge in [-0.25, -0.2) is 4.98 Å². The highest BCUT2D eigenvalue weighted by atomic mass is 19.4. The second-order valence-corrected chi connectivity index (χ2v) is 10.3. The van der Waals surface area contributed by atoms with E-state index in [1.54, 1.807) is 42.5 Å². The van der Waals surface area contributed by atoms with Crippen molar-refractivity contribution in [2.24, 2.45) is 5.92 Å². The summed E-state index contributed by atoms with van der Waals surface area (Å²) in [5.74, 6) is 6.65. The van der Waals surface area contributed by atoms with Crippen LogP contribution in [0.2, 0.25) is 0 Å². The molecule has 0 radical (unpaired) electrons. The number of halogens is 3. The number of pyridine rings is 1. The molecule has 7 nitrogen and oxygen atoms in total. The van der Waals surface area contributed by atoms with Crippen LogP contribution in [0.15, 0.2) is 90.8 Å². The van der Waals surface area contributed by atoms with Gasteiger partial charge in [0.05, 0.1) is 28.3 Å². The van der Waals surface area contributed by atoms with Crippen LogP contribution in [-0.2, 0) is 6.42 Å². The van der Waals surface area contributed by atoms with Crippen molar-refractivity contribution in [1.29, 1.82) is 0 Å². The molecule has 1 atom stereocenters. The summed E-state index contributed by atoms with van der Waals surface area (Å²) in [6.45, 7) is 1.94. The van der Waals surface area contributed by atoms with Crippen molar-refractivity contribution in [2.45, 2.75) is 32.4 Å². The Labute approximate surface area is 247 Å². The molecule has 1 aliphatic carbocycles. The van der Waals surface area contributed by atoms with E-state index in [1.165, 1.54) is 0 Å². The lowest BCUT2D eigenvalue weighted by atomic mass is 10.0. The summed E-state index contributed by atoms with van der Waals surface area (Å²) in [6.07, 6.45) is 6.67. The molecule has 2 aromatic carbocycles. The molecule has 4 aromatic rings. The minimum atomic E-state index is -4.21. The molecule has 1 aliphatic heterocycles. The van der Waals surface area contributed by atoms with E-state index >= 15 is 0 Å². The number of rotatable bonds is 7. The van der Waals surface area contributed by atoms with Gasteiger partial charge < -0.3 is 9.72 Å². The van der Waals surface area contributed by atoms with Crippen molar-refractivity contribution in [2.75, 3.05) is 12.1 Å². The minimum Gasteiger partial charge on any atom is -0.457 e. The zero-order chi connectivity index (χ0) is 30.0. The second-order valence-electron chi connectivity index (χ2n) is 10.3. The molecule has 2 aromatic heterocycles. The SMILES string of the molecule is C/C=C\C#CCc1ccc2nc(-c3cc(Oc4ccc5c(c4)N5NN(C)C4=CCC(C(F)(F)F)CC=C4)ccn3)[nH]c2c1. The molecule has 0 saturated heterocycles. The van der Waals surface area contributed by atoms with E-state index in [0.717, 1.165) is 28.0 Å². The zero-order valence-corrected chi connectivity index (χ0v) is 23.6. The number of alkyl halides is 3. The van der Waals surface area contributed by atoms with Gasteiger partial charge in [0.25, 0.3) is 0 Å². The maximum Gasteiger partial charge on any atom is 0.392 e. The van der Waals surface area contributed by atoms with Crippen molar-refractivity contribution in [3.63, 3.8) is 0 Å². The van der Waals surface area contributed by atoms with Crippen molar-refractivity contribution in [3.05, 3.63) is 96.4 Å². The Bertz CT molecular complexity index is 1810. The Hall–Kier alpha value is -5.01. The smallest absolute Gasteiger partial charge is 0.392 e. The van der Waals surface area contributed by atoms with Crippen molar-refractivity contribution in [1.82, 2.24) is 25.5 Å². The average molecular weight is 583 g/mol. The van der Waals surface area contributed by atoms with Gasteiger partial charge in [0.15, 0.2) is 5.82 Å². The fraction of sp³-hybridized carbons (Fsp3) is 0.212. The number of hydrazine groups is 2. The van der Waals surface area contributed by atoms with E-state index in [-0.39, 0.29) is 12.8 Å². The summed E-state index contributed by atoms with van der Waals surface area (Å²) >= 11 is 0. The molecule has 0 bridgehead atoms. The van der Waals surface area contributed by atoms with Crippen LogP contribution < -0.4 is 15.3 Å². The summed E-state index contributed by atoms with van der Waals surface area (Å²) in [5, 5.41) is 3.55. The first kappa shape index (κ1) is 28.1. The highest BCUT2D eigenvalue weighted by Gasteiger charge is 2.38. The van der Waals surface area contributed by atoms with E-state index < -0.39 is 12.1 Å². The predicted octanol–water partition coefficient (Wildman–Crippen LogP) is 7.75. The molecule has 43 heavy (non-hydrogen) atoms. The van der Waals surface area contributed by atoms with Crippen LogP contribution in [0.1, 0.15) is 25.3 Å². The highest BCUT2D eigenvalue weighted by molar-refractivity contribution is 5.92. The normalized spacial score (nSPS) is 16.0. The summed E-state index contributed by atoms with van der Waals surface area (Å²) in [7, 11) is 1.77. The van der Waals surface area contributed by atoms with E-state index in [4.69, 9.17) is 9.72 Å². The summed E-state index contributed by atoms with van der Waals surface area (Å²) < 4.78 is 45.6. The van der Waals surface area contributed by atoms with E-state index in [0.29, 0.717) is 35.1 Å². The van der Waals surface area contributed by atoms with E-state index in [1.807, 2.05) is 66.5 Å². The number of allylic oxidation sites excluding steroid dienone is 5. The molecule has 2 aliphatic rings. The van der Waals surface area contributed by atoms with Crippen LogP contribution in [0.4, 0.5) is 24.5 Å². The molecule has 10 heteroatoms. The number of nitrogens with zero attached hydrogens (tertiary/aromatic N) is 4. The zero-order valence-electron chi connectivity index (χ0n) is 23.6. The largest absolute Gasteiger partial charge is 0.457 e. The number of H-pyrrole nitrogens is 1. The standard InChI is InChI=1S/C33H29F3N6O/c1-3-4-5-6-8-22-11-15-27-28(19-22)39-32(38-27)29-20-26(17-18-37-29)43-25-14-16-30-31(21-25)42(30)40-41(2)24-10-7-9-23(12-13-24)33(34,35)36/h3-4,7,10-11,13-21,23,40H,8-9,12H2,1-2H3,(H,38,39)/b4-3-. The number of aromatic nitrogens is 3. The van der Waals surface area contributed by atoms with Crippen molar-refractivity contribution in [3.8, 4) is 34.9 Å². The number of aromatic amines is 1. The average Bonchev–Trinajstić information content (AvgIpc) is 3.58. The van der Waals surface area contributed by atoms with Gasteiger partial charge in [-0.3, -0.25) is 15.0 Å². The number of hydrogen-bond acceptors (Lipinski definition) is 6. The van der Waals surface area contributed by atoms with Gasteiger partial charge >= 0.3 is 6.18 Å². The van der Waals surface area contributed by atoms with Crippen LogP contribution in [0.25, 0.3) is 22.6 Å². The number of likely N-dealkylation sites (N-methyl/N-ethyl adjacent to an activating group) is 1. The Morgan fingerprint density at radius 3 is 2.81 bits per heavy atom. The van der Waals surface area contributed by atoms with E-state index in [2.05, 4.69) is 27.3 Å². The lowest BCUT2D eigenvalue weighted by Crippen LogP contribution is -2.38. The molecule has 0 amide bonds. The molecule has 3 heterocycles. The van der Waals surface area contributed by atoms with E-state index in [9.17, 15) is 13.2 Å². The number of ether oxygens (including phenoxy) is 1. The highest BCUT2D eigenvalue weighted by Crippen LogP contribution is 2.48. The van der Waals surface area contributed by atoms with Gasteiger partial charge in [-0.1, -0.05) is 36.1 Å². The summed E-state index contributed by atoms with van der Waals surface area (Å²) in [6, 6.07) is 15.3. The maximum atomic E-state index is 13.1. The third kappa shape index (κ3) is 6.42. The third-order valence-corrected chi connectivity index (χ3v) is 7.20. The molecule has 0 spiro atoms. The first-order valence-corrected chi connectivity index (χ1v) is 13.9. The minimum absolute atomic E-state index is 0.0248. The lowest BCUT2D eigenvalue weighted by Gasteiger charge is -2.22. The second kappa shape index (κ2) is 11.7. The maximum absolute atomic E-state index is 13.1. The monoisotopic (exact) mass is 582 g/mol. The number of benzene rings is 2. The number of anilines is 2. The molecule has 1 unspecified atom stereocenters. The van der Waals surface area contributed by atoms with Gasteiger partial charge in [-0.2, -0.15) is 13.2 Å². The Morgan fingerprint density at radius 1 is 1.12 bits per heavy atom. The Balaban J connectivity index is 1.10. The first-order valence-electron chi connectivity index (χ1n) is 13.9. The lowest BCUT2D eigenvalue weighted by molar-refractivity contribution is -0.172. The van der Waals surface area contributed by atoms with Crippen molar-refractivity contribution < 1.29 is 17.9 Å². The van der Waals surface area contributed by atoms with Crippen LogP contribution in [-0.4, -0.2) is 33.2 Å². The molecule has 218 valence electrons. The molecule has 0 fully saturated rings. The quantitative estimate of drug-likeness (QED) is 0.132. The van der Waals surface area contributed by atoms with Gasteiger partial charge in [-0.15, -0.1) is 5.53 Å². The van der Waals surface area contributed by atoms with Gasteiger partial charge in [0, 0.05) is 37.5 Å². The number of fused-ring (bicyclic) bond motifs is 2. The number of hydrogen-bond donors (Lipinski definition) is 2. The molecule has 0 saturated carbocycles. The Kier molecular flexibility index (Phi) is 7.65.